The minimum atomic E-state index is -0.0898. The Morgan fingerprint density at radius 3 is 2.33 bits per heavy atom. The van der Waals surface area contributed by atoms with Crippen LogP contribution in [-0.4, -0.2) is 25.5 Å². The van der Waals surface area contributed by atoms with Crippen molar-refractivity contribution in [2.24, 2.45) is 11.8 Å². The Morgan fingerprint density at radius 1 is 1.27 bits per heavy atom. The van der Waals surface area contributed by atoms with Crippen LogP contribution in [0.1, 0.15) is 32.6 Å². The minimum Gasteiger partial charge on any atom is -0.469 e. The normalized spacial score (nSPS) is 25.7. The number of carbonyl (C=O) groups is 2. The number of amides is 1. The van der Waals surface area contributed by atoms with Crippen molar-refractivity contribution in [1.29, 1.82) is 0 Å². The lowest BCUT2D eigenvalue weighted by Gasteiger charge is -2.26. The molecule has 0 atom stereocenters. The quantitative estimate of drug-likeness (QED) is 0.714. The summed E-state index contributed by atoms with van der Waals surface area (Å²) in [5.41, 5.74) is 0. The second-order valence-electron chi connectivity index (χ2n) is 4.18. The minimum absolute atomic E-state index is 0.0186. The summed E-state index contributed by atoms with van der Waals surface area (Å²) < 4.78 is 4.71. The number of hydrogen-bond acceptors (Lipinski definition) is 3. The third-order valence-electron chi connectivity index (χ3n) is 3.02. The lowest BCUT2D eigenvalue weighted by molar-refractivity contribution is -0.146. The SMILES string of the molecule is COC(=O)C1CCC(CNC(C)=O)CC1. The number of rotatable bonds is 3. The van der Waals surface area contributed by atoms with Gasteiger partial charge in [-0.05, 0) is 31.6 Å². The van der Waals surface area contributed by atoms with E-state index in [2.05, 4.69) is 5.32 Å². The van der Waals surface area contributed by atoms with Crippen LogP contribution in [0.4, 0.5) is 0 Å². The zero-order chi connectivity index (χ0) is 11.3. The third-order valence-corrected chi connectivity index (χ3v) is 3.02. The van der Waals surface area contributed by atoms with Gasteiger partial charge in [0.05, 0.1) is 13.0 Å². The second-order valence-corrected chi connectivity index (χ2v) is 4.18. The van der Waals surface area contributed by atoms with Gasteiger partial charge in [0.2, 0.25) is 5.91 Å². The van der Waals surface area contributed by atoms with Crippen molar-refractivity contribution in [3.8, 4) is 0 Å². The van der Waals surface area contributed by atoms with Crippen molar-refractivity contribution in [1.82, 2.24) is 5.32 Å². The molecule has 1 aliphatic rings. The van der Waals surface area contributed by atoms with E-state index in [0.717, 1.165) is 32.2 Å². The fourth-order valence-corrected chi connectivity index (χ4v) is 2.06. The van der Waals surface area contributed by atoms with Crippen LogP contribution in [0.25, 0.3) is 0 Å². The van der Waals surface area contributed by atoms with E-state index in [1.54, 1.807) is 0 Å². The summed E-state index contributed by atoms with van der Waals surface area (Å²) in [6, 6.07) is 0. The van der Waals surface area contributed by atoms with Gasteiger partial charge in [-0.3, -0.25) is 9.59 Å². The summed E-state index contributed by atoms with van der Waals surface area (Å²) in [4.78, 5) is 22.0. The lowest BCUT2D eigenvalue weighted by atomic mass is 9.82. The summed E-state index contributed by atoms with van der Waals surface area (Å²) >= 11 is 0. The maximum Gasteiger partial charge on any atom is 0.308 e. The fraction of sp³-hybridized carbons (Fsp3) is 0.818. The molecule has 4 heteroatoms. The van der Waals surface area contributed by atoms with E-state index < -0.39 is 0 Å². The number of nitrogens with one attached hydrogen (secondary N) is 1. The van der Waals surface area contributed by atoms with Crippen LogP contribution in [0.2, 0.25) is 0 Å². The predicted octanol–water partition coefficient (Wildman–Crippen LogP) is 1.10. The summed E-state index contributed by atoms with van der Waals surface area (Å²) in [7, 11) is 1.44. The zero-order valence-corrected chi connectivity index (χ0v) is 9.41. The van der Waals surface area contributed by atoms with Crippen LogP contribution in [0, 0.1) is 11.8 Å². The van der Waals surface area contributed by atoms with Gasteiger partial charge in [0, 0.05) is 13.5 Å². The highest BCUT2D eigenvalue weighted by Crippen LogP contribution is 2.28. The molecule has 0 unspecified atom stereocenters. The summed E-state index contributed by atoms with van der Waals surface area (Å²) in [6.07, 6.45) is 3.77. The van der Waals surface area contributed by atoms with E-state index in [-0.39, 0.29) is 17.8 Å². The van der Waals surface area contributed by atoms with Gasteiger partial charge in [-0.2, -0.15) is 0 Å². The van der Waals surface area contributed by atoms with Crippen molar-refractivity contribution < 1.29 is 14.3 Å². The van der Waals surface area contributed by atoms with Crippen LogP contribution in [0.15, 0.2) is 0 Å². The molecule has 1 amide bonds. The van der Waals surface area contributed by atoms with Crippen LogP contribution >= 0.6 is 0 Å². The third kappa shape index (κ3) is 3.90. The van der Waals surface area contributed by atoms with E-state index in [0.29, 0.717) is 5.92 Å². The molecule has 0 heterocycles. The van der Waals surface area contributed by atoms with Crippen molar-refractivity contribution in [2.75, 3.05) is 13.7 Å². The average molecular weight is 213 g/mol. The number of ether oxygens (including phenoxy) is 1. The van der Waals surface area contributed by atoms with Crippen LogP contribution in [0.5, 0.6) is 0 Å². The predicted molar refractivity (Wildman–Crippen MR) is 56.1 cm³/mol. The van der Waals surface area contributed by atoms with E-state index >= 15 is 0 Å². The first-order valence-electron chi connectivity index (χ1n) is 5.45. The second kappa shape index (κ2) is 5.73. The molecule has 0 aromatic rings. The van der Waals surface area contributed by atoms with Crippen molar-refractivity contribution in [3.05, 3.63) is 0 Å². The molecule has 86 valence electrons. The van der Waals surface area contributed by atoms with Gasteiger partial charge in [0.25, 0.3) is 0 Å². The fourth-order valence-electron chi connectivity index (χ4n) is 2.06. The molecule has 0 aromatic carbocycles. The highest BCUT2D eigenvalue weighted by molar-refractivity contribution is 5.73. The Labute approximate surface area is 90.4 Å². The molecular formula is C11H19NO3. The highest BCUT2D eigenvalue weighted by atomic mass is 16.5. The van der Waals surface area contributed by atoms with E-state index in [1.807, 2.05) is 0 Å². The number of esters is 1. The monoisotopic (exact) mass is 213 g/mol. The molecular weight excluding hydrogens is 194 g/mol. The molecule has 0 bridgehead atoms. The van der Waals surface area contributed by atoms with Crippen LogP contribution in [0.3, 0.4) is 0 Å². The Kier molecular flexibility index (Phi) is 4.59. The summed E-state index contributed by atoms with van der Waals surface area (Å²) in [5, 5.41) is 2.82. The molecule has 0 aliphatic heterocycles. The largest absolute Gasteiger partial charge is 0.469 e. The lowest BCUT2D eigenvalue weighted by Crippen LogP contribution is -2.31. The molecule has 1 aliphatic carbocycles. The Balaban J connectivity index is 2.23. The van der Waals surface area contributed by atoms with Gasteiger partial charge < -0.3 is 10.1 Å². The molecule has 1 N–H and O–H groups in total. The van der Waals surface area contributed by atoms with Gasteiger partial charge in [0.1, 0.15) is 0 Å². The molecule has 15 heavy (non-hydrogen) atoms. The van der Waals surface area contributed by atoms with E-state index in [4.69, 9.17) is 4.74 Å². The number of methoxy groups -OCH3 is 1. The molecule has 0 spiro atoms. The van der Waals surface area contributed by atoms with E-state index in [9.17, 15) is 9.59 Å². The maximum absolute atomic E-state index is 11.2. The smallest absolute Gasteiger partial charge is 0.308 e. The maximum atomic E-state index is 11.2. The van der Waals surface area contributed by atoms with Gasteiger partial charge in [0.15, 0.2) is 0 Å². The van der Waals surface area contributed by atoms with Crippen molar-refractivity contribution in [2.45, 2.75) is 32.6 Å². The Bertz CT molecular complexity index is 232. The first-order valence-corrected chi connectivity index (χ1v) is 5.45. The zero-order valence-electron chi connectivity index (χ0n) is 9.41. The highest BCUT2D eigenvalue weighted by Gasteiger charge is 2.26. The van der Waals surface area contributed by atoms with Gasteiger partial charge in [-0.25, -0.2) is 0 Å². The van der Waals surface area contributed by atoms with E-state index in [1.165, 1.54) is 14.0 Å². The number of hydrogen-bond donors (Lipinski definition) is 1. The van der Waals surface area contributed by atoms with Crippen molar-refractivity contribution >= 4 is 11.9 Å². The Hall–Kier alpha value is -1.06. The standard InChI is InChI=1S/C11H19NO3/c1-8(13)12-7-9-3-5-10(6-4-9)11(14)15-2/h9-10H,3-7H2,1-2H3,(H,12,13). The van der Waals surface area contributed by atoms with Gasteiger partial charge in [-0.15, -0.1) is 0 Å². The molecule has 1 rings (SSSR count). The number of carbonyl (C=O) groups excluding carboxylic acids is 2. The first kappa shape index (κ1) is 12.0. The molecule has 1 fully saturated rings. The van der Waals surface area contributed by atoms with Gasteiger partial charge in [-0.1, -0.05) is 0 Å². The van der Waals surface area contributed by atoms with Crippen LogP contribution < -0.4 is 5.32 Å². The van der Waals surface area contributed by atoms with Crippen LogP contribution in [-0.2, 0) is 14.3 Å². The topological polar surface area (TPSA) is 55.4 Å². The first-order chi connectivity index (χ1) is 7.13. The molecule has 0 saturated heterocycles. The average Bonchev–Trinajstić information content (AvgIpc) is 2.26. The summed E-state index contributed by atoms with van der Waals surface area (Å²) in [6.45, 7) is 2.27. The Morgan fingerprint density at radius 2 is 1.87 bits per heavy atom. The van der Waals surface area contributed by atoms with Gasteiger partial charge >= 0.3 is 5.97 Å². The van der Waals surface area contributed by atoms with Crippen molar-refractivity contribution in [3.63, 3.8) is 0 Å². The summed E-state index contributed by atoms with van der Waals surface area (Å²) in [5.74, 6) is 0.524. The molecule has 0 aromatic heterocycles. The molecule has 4 nitrogen and oxygen atoms in total. The molecule has 1 saturated carbocycles. The molecule has 0 radical (unpaired) electrons.